The van der Waals surface area contributed by atoms with Crippen LogP contribution >= 0.6 is 0 Å². The van der Waals surface area contributed by atoms with E-state index in [0.29, 0.717) is 24.5 Å². The van der Waals surface area contributed by atoms with E-state index in [-0.39, 0.29) is 12.0 Å². The van der Waals surface area contributed by atoms with Gasteiger partial charge < -0.3 is 14.4 Å². The number of hydrogen-bond donors (Lipinski definition) is 0. The van der Waals surface area contributed by atoms with E-state index in [1.165, 1.54) is 0 Å². The van der Waals surface area contributed by atoms with Gasteiger partial charge in [-0.1, -0.05) is 12.1 Å². The van der Waals surface area contributed by atoms with Gasteiger partial charge in [0.25, 0.3) is 5.91 Å². The highest BCUT2D eigenvalue weighted by Gasteiger charge is 2.24. The highest BCUT2D eigenvalue weighted by Crippen LogP contribution is 2.31. The molecule has 4 rings (SSSR count). The summed E-state index contributed by atoms with van der Waals surface area (Å²) in [5.74, 6) is 1.36. The molecule has 2 heterocycles. The summed E-state index contributed by atoms with van der Waals surface area (Å²) in [6.07, 6.45) is -0.209. The van der Waals surface area contributed by atoms with Crippen molar-refractivity contribution >= 4 is 16.9 Å². The van der Waals surface area contributed by atoms with Gasteiger partial charge in [0.15, 0.2) is 17.6 Å². The first-order valence-electron chi connectivity index (χ1n) is 8.90. The standard InChI is InChI=1S/C21H21N3O3/c1-13-14(2)23-18-10-15(8-9-17(18)22-13)21(25)24(3)11-16-12-26-19-6-4-5-7-20(19)27-16/h4-10,16H,11-12H2,1-3H3/t16-/m0/s1. The normalized spacial score (nSPS) is 15.6. The number of nitrogens with zero attached hydrogens (tertiary/aromatic N) is 3. The van der Waals surface area contributed by atoms with Gasteiger partial charge in [0.1, 0.15) is 6.61 Å². The molecular weight excluding hydrogens is 342 g/mol. The molecule has 6 heteroatoms. The molecule has 138 valence electrons. The zero-order valence-electron chi connectivity index (χ0n) is 15.6. The monoisotopic (exact) mass is 363 g/mol. The lowest BCUT2D eigenvalue weighted by Gasteiger charge is -2.29. The lowest BCUT2D eigenvalue weighted by molar-refractivity contribution is 0.0521. The first-order chi connectivity index (χ1) is 13.0. The van der Waals surface area contributed by atoms with Gasteiger partial charge in [-0.15, -0.1) is 0 Å². The first-order valence-corrected chi connectivity index (χ1v) is 8.90. The number of carbonyl (C=O) groups is 1. The van der Waals surface area contributed by atoms with Gasteiger partial charge in [0, 0.05) is 12.6 Å². The molecule has 6 nitrogen and oxygen atoms in total. The second-order valence-corrected chi connectivity index (χ2v) is 6.78. The molecule has 0 fully saturated rings. The second kappa shape index (κ2) is 6.87. The number of ether oxygens (including phenoxy) is 2. The Balaban J connectivity index is 1.49. The molecule has 1 amide bonds. The van der Waals surface area contributed by atoms with Crippen molar-refractivity contribution in [3.8, 4) is 11.5 Å². The number of para-hydroxylation sites is 2. The van der Waals surface area contributed by atoms with Crippen LogP contribution in [0.2, 0.25) is 0 Å². The maximum absolute atomic E-state index is 12.8. The Kier molecular flexibility index (Phi) is 4.39. The molecule has 1 aliphatic rings. The van der Waals surface area contributed by atoms with E-state index < -0.39 is 0 Å². The largest absolute Gasteiger partial charge is 0.486 e. The number of carbonyl (C=O) groups excluding carboxylic acids is 1. The molecule has 1 atom stereocenters. The van der Waals surface area contributed by atoms with E-state index in [1.807, 2.05) is 44.2 Å². The van der Waals surface area contributed by atoms with Crippen molar-refractivity contribution in [2.45, 2.75) is 20.0 Å². The van der Waals surface area contributed by atoms with Crippen LogP contribution in [0.25, 0.3) is 11.0 Å². The number of benzene rings is 2. The summed E-state index contributed by atoms with van der Waals surface area (Å²) in [5.41, 5.74) is 3.86. The molecule has 1 aliphatic heterocycles. The Labute approximate surface area is 157 Å². The predicted molar refractivity (Wildman–Crippen MR) is 102 cm³/mol. The van der Waals surface area contributed by atoms with Crippen molar-refractivity contribution in [3.05, 3.63) is 59.4 Å². The third-order valence-electron chi connectivity index (χ3n) is 4.71. The van der Waals surface area contributed by atoms with E-state index in [9.17, 15) is 4.79 Å². The number of fused-ring (bicyclic) bond motifs is 2. The van der Waals surface area contributed by atoms with Crippen molar-refractivity contribution in [2.75, 3.05) is 20.2 Å². The van der Waals surface area contributed by atoms with Gasteiger partial charge in [-0.2, -0.15) is 0 Å². The Morgan fingerprint density at radius 2 is 1.78 bits per heavy atom. The highest BCUT2D eigenvalue weighted by molar-refractivity contribution is 5.97. The van der Waals surface area contributed by atoms with Crippen LogP contribution in [0.5, 0.6) is 11.5 Å². The van der Waals surface area contributed by atoms with Crippen molar-refractivity contribution in [2.24, 2.45) is 0 Å². The summed E-state index contributed by atoms with van der Waals surface area (Å²) >= 11 is 0. The summed E-state index contributed by atoms with van der Waals surface area (Å²) in [5, 5.41) is 0. The Bertz CT molecular complexity index is 1020. The summed E-state index contributed by atoms with van der Waals surface area (Å²) in [4.78, 5) is 23.5. The molecule has 0 unspecified atom stereocenters. The molecule has 3 aromatic rings. The molecular formula is C21H21N3O3. The van der Waals surface area contributed by atoms with Crippen LogP contribution in [0.3, 0.4) is 0 Å². The van der Waals surface area contributed by atoms with Crippen LogP contribution in [0.1, 0.15) is 21.7 Å². The van der Waals surface area contributed by atoms with E-state index in [2.05, 4.69) is 9.97 Å². The second-order valence-electron chi connectivity index (χ2n) is 6.78. The number of rotatable bonds is 3. The summed E-state index contributed by atoms with van der Waals surface area (Å²) in [6.45, 7) is 4.69. The summed E-state index contributed by atoms with van der Waals surface area (Å²) in [7, 11) is 1.77. The number of aromatic nitrogens is 2. The lowest BCUT2D eigenvalue weighted by Crippen LogP contribution is -2.41. The Morgan fingerprint density at radius 1 is 1.07 bits per heavy atom. The third kappa shape index (κ3) is 3.43. The van der Waals surface area contributed by atoms with Crippen LogP contribution in [0.4, 0.5) is 0 Å². The number of amides is 1. The van der Waals surface area contributed by atoms with Gasteiger partial charge in [0.2, 0.25) is 0 Å². The summed E-state index contributed by atoms with van der Waals surface area (Å²) in [6, 6.07) is 13.0. The maximum Gasteiger partial charge on any atom is 0.253 e. The van der Waals surface area contributed by atoms with Gasteiger partial charge in [-0.05, 0) is 44.2 Å². The molecule has 0 bridgehead atoms. The zero-order chi connectivity index (χ0) is 19.0. The number of likely N-dealkylation sites (N-methyl/N-ethyl adjacent to an activating group) is 1. The van der Waals surface area contributed by atoms with E-state index in [1.54, 1.807) is 24.1 Å². The highest BCUT2D eigenvalue weighted by atomic mass is 16.6. The van der Waals surface area contributed by atoms with Crippen molar-refractivity contribution < 1.29 is 14.3 Å². The third-order valence-corrected chi connectivity index (χ3v) is 4.71. The minimum absolute atomic E-state index is 0.0839. The van der Waals surface area contributed by atoms with Crippen LogP contribution in [-0.2, 0) is 0 Å². The average molecular weight is 363 g/mol. The Morgan fingerprint density at radius 3 is 2.56 bits per heavy atom. The Hall–Kier alpha value is -3.15. The fraction of sp³-hybridized carbons (Fsp3) is 0.286. The average Bonchev–Trinajstić information content (AvgIpc) is 2.68. The summed E-state index contributed by atoms with van der Waals surface area (Å²) < 4.78 is 11.7. The molecule has 0 saturated heterocycles. The fourth-order valence-corrected chi connectivity index (χ4v) is 3.13. The quantitative estimate of drug-likeness (QED) is 0.715. The molecule has 2 aromatic carbocycles. The van der Waals surface area contributed by atoms with Crippen LogP contribution in [-0.4, -0.2) is 47.1 Å². The zero-order valence-corrected chi connectivity index (χ0v) is 15.6. The fourth-order valence-electron chi connectivity index (χ4n) is 3.13. The van der Waals surface area contributed by atoms with Crippen molar-refractivity contribution in [1.29, 1.82) is 0 Å². The van der Waals surface area contributed by atoms with Crippen molar-refractivity contribution in [3.63, 3.8) is 0 Å². The molecule has 1 aromatic heterocycles. The van der Waals surface area contributed by atoms with E-state index >= 15 is 0 Å². The first kappa shape index (κ1) is 17.3. The van der Waals surface area contributed by atoms with Crippen molar-refractivity contribution in [1.82, 2.24) is 14.9 Å². The van der Waals surface area contributed by atoms with Gasteiger partial charge in [0.05, 0.1) is 29.0 Å². The topological polar surface area (TPSA) is 64.6 Å². The van der Waals surface area contributed by atoms with Crippen LogP contribution in [0, 0.1) is 13.8 Å². The molecule has 0 spiro atoms. The van der Waals surface area contributed by atoms with E-state index in [4.69, 9.17) is 9.47 Å². The maximum atomic E-state index is 12.8. The van der Waals surface area contributed by atoms with Crippen LogP contribution < -0.4 is 9.47 Å². The lowest BCUT2D eigenvalue weighted by atomic mass is 10.1. The SMILES string of the molecule is Cc1nc2ccc(C(=O)N(C)C[C@H]3COc4ccccc4O3)cc2nc1C. The minimum atomic E-state index is -0.209. The predicted octanol–water partition coefficient (Wildman–Crippen LogP) is 3.16. The number of aryl methyl sites for hydroxylation is 2. The van der Waals surface area contributed by atoms with Gasteiger partial charge >= 0.3 is 0 Å². The van der Waals surface area contributed by atoms with Gasteiger partial charge in [-0.3, -0.25) is 4.79 Å². The molecule has 0 aliphatic carbocycles. The van der Waals surface area contributed by atoms with Gasteiger partial charge in [-0.25, -0.2) is 9.97 Å². The molecule has 0 radical (unpaired) electrons. The molecule has 0 N–H and O–H groups in total. The molecule has 0 saturated carbocycles. The smallest absolute Gasteiger partial charge is 0.253 e. The number of hydrogen-bond acceptors (Lipinski definition) is 5. The molecule has 27 heavy (non-hydrogen) atoms. The van der Waals surface area contributed by atoms with E-state index in [0.717, 1.165) is 28.2 Å². The minimum Gasteiger partial charge on any atom is -0.486 e. The van der Waals surface area contributed by atoms with Crippen LogP contribution in [0.15, 0.2) is 42.5 Å².